The second kappa shape index (κ2) is 5.96. The summed E-state index contributed by atoms with van der Waals surface area (Å²) in [5, 5.41) is 21.6. The summed E-state index contributed by atoms with van der Waals surface area (Å²) in [4.78, 5) is 23.2. The molecule has 0 saturated carbocycles. The Morgan fingerprint density at radius 3 is 2.04 bits per heavy atom. The number of hydrogen-bond donors (Lipinski definition) is 3. The van der Waals surface area contributed by atoms with Crippen LogP contribution in [0, 0.1) is 0 Å². The number of phenolic OH excluding ortho intramolecular Hbond substituents is 1. The number of rotatable bonds is 3. The Hall–Kier alpha value is -3.48. The van der Waals surface area contributed by atoms with Gasteiger partial charge >= 0.3 is 5.69 Å². The second-order valence-electron chi connectivity index (χ2n) is 5.27. The van der Waals surface area contributed by atoms with Gasteiger partial charge < -0.3 is 15.6 Å². The van der Waals surface area contributed by atoms with Crippen molar-refractivity contribution in [3.05, 3.63) is 75.4 Å². The third-order valence-electron chi connectivity index (χ3n) is 3.66. The van der Waals surface area contributed by atoms with Gasteiger partial charge in [-0.1, -0.05) is 29.0 Å². The van der Waals surface area contributed by atoms with Crippen LogP contribution in [0.15, 0.2) is 64.2 Å². The van der Waals surface area contributed by atoms with Crippen LogP contribution in [0.25, 0.3) is 11.1 Å². The highest BCUT2D eigenvalue weighted by Crippen LogP contribution is 2.24. The largest absolute Gasteiger partial charge is 0.508 e. The van der Waals surface area contributed by atoms with Gasteiger partial charge in [-0.2, -0.15) is 0 Å². The van der Waals surface area contributed by atoms with E-state index in [2.05, 4.69) is 5.32 Å². The predicted molar refractivity (Wildman–Crippen MR) is 90.0 cm³/mol. The fraction of sp³-hybridized carbons (Fsp3) is 0.0588. The highest BCUT2D eigenvalue weighted by molar-refractivity contribution is 5.68. The van der Waals surface area contributed by atoms with Gasteiger partial charge in [0.1, 0.15) is 11.6 Å². The maximum atomic E-state index is 11.7. The van der Waals surface area contributed by atoms with E-state index in [0.29, 0.717) is 5.69 Å². The van der Waals surface area contributed by atoms with Crippen LogP contribution in [0.5, 0.6) is 5.75 Å². The van der Waals surface area contributed by atoms with Crippen molar-refractivity contribution in [3.8, 4) is 16.9 Å². The third kappa shape index (κ3) is 2.87. The maximum Gasteiger partial charge on any atom is 0.365 e. The van der Waals surface area contributed by atoms with Crippen LogP contribution in [-0.2, 0) is 7.05 Å². The monoisotopic (exact) mass is 325 g/mol. The van der Waals surface area contributed by atoms with Crippen LogP contribution in [0.4, 0.5) is 11.5 Å². The van der Waals surface area contributed by atoms with Crippen LogP contribution < -0.4 is 16.6 Å². The molecule has 3 rings (SSSR count). The molecule has 0 radical (unpaired) electrons. The van der Waals surface area contributed by atoms with Gasteiger partial charge in [-0.25, -0.2) is 4.79 Å². The first-order valence-corrected chi connectivity index (χ1v) is 7.14. The summed E-state index contributed by atoms with van der Waals surface area (Å²) < 4.78 is 1.19. The van der Waals surface area contributed by atoms with Crippen LogP contribution >= 0.6 is 0 Å². The average Bonchev–Trinajstić information content (AvgIpc) is 2.59. The molecule has 3 N–H and O–H groups in total. The van der Waals surface area contributed by atoms with Crippen molar-refractivity contribution in [3.63, 3.8) is 0 Å². The van der Waals surface area contributed by atoms with Gasteiger partial charge in [-0.05, 0) is 35.4 Å². The van der Waals surface area contributed by atoms with E-state index in [4.69, 9.17) is 0 Å². The molecule has 0 amide bonds. The van der Waals surface area contributed by atoms with Gasteiger partial charge in [0.2, 0.25) is 0 Å². The molecular formula is C17H15N3O4. The van der Waals surface area contributed by atoms with E-state index in [0.717, 1.165) is 21.8 Å². The Kier molecular flexibility index (Phi) is 3.83. The molecule has 0 aliphatic rings. The minimum atomic E-state index is -0.828. The molecule has 24 heavy (non-hydrogen) atoms. The molecule has 0 bridgehead atoms. The van der Waals surface area contributed by atoms with E-state index < -0.39 is 11.2 Å². The van der Waals surface area contributed by atoms with Crippen molar-refractivity contribution in [1.82, 2.24) is 9.30 Å². The van der Waals surface area contributed by atoms with E-state index in [1.165, 1.54) is 7.05 Å². The number of hydrogen-bond acceptors (Lipinski definition) is 5. The first-order chi connectivity index (χ1) is 11.5. The molecule has 0 fully saturated rings. The van der Waals surface area contributed by atoms with Gasteiger partial charge in [0.05, 0.1) is 0 Å². The lowest BCUT2D eigenvalue weighted by atomic mass is 10.1. The number of anilines is 2. The lowest BCUT2D eigenvalue weighted by Gasteiger charge is -2.11. The summed E-state index contributed by atoms with van der Waals surface area (Å²) in [6.45, 7) is 0. The molecule has 122 valence electrons. The van der Waals surface area contributed by atoms with Gasteiger partial charge in [0, 0.05) is 18.8 Å². The van der Waals surface area contributed by atoms with Gasteiger partial charge in [-0.15, -0.1) is 0 Å². The lowest BCUT2D eigenvalue weighted by Crippen LogP contribution is -2.37. The average molecular weight is 325 g/mol. The first-order valence-electron chi connectivity index (χ1n) is 7.14. The number of aromatic hydroxyl groups is 1. The molecule has 0 spiro atoms. The van der Waals surface area contributed by atoms with Crippen LogP contribution in [0.1, 0.15) is 0 Å². The quantitative estimate of drug-likeness (QED) is 0.639. The van der Waals surface area contributed by atoms with E-state index >= 15 is 0 Å². The van der Waals surface area contributed by atoms with Gasteiger partial charge in [0.25, 0.3) is 5.56 Å². The minimum absolute atomic E-state index is 0.0547. The molecule has 0 atom stereocenters. The first kappa shape index (κ1) is 15.4. The maximum absolute atomic E-state index is 11.7. The smallest absolute Gasteiger partial charge is 0.365 e. The number of nitrogens with one attached hydrogen (secondary N) is 1. The highest BCUT2D eigenvalue weighted by Gasteiger charge is 2.07. The summed E-state index contributed by atoms with van der Waals surface area (Å²) in [5.41, 5.74) is 0.962. The summed E-state index contributed by atoms with van der Waals surface area (Å²) in [5.74, 6) is 0.476. The SMILES string of the molecule is Cn1c(Nc2ccc(-c3ccc(O)cc3)cc2)cc(=O)n(O)c1=O. The Morgan fingerprint density at radius 2 is 1.46 bits per heavy atom. The molecule has 3 aromatic rings. The van der Waals surface area contributed by atoms with Crippen LogP contribution in [0.2, 0.25) is 0 Å². The Labute approximate surface area is 136 Å². The molecule has 2 aromatic carbocycles. The zero-order valence-electron chi connectivity index (χ0n) is 12.8. The van der Waals surface area contributed by atoms with Crippen molar-refractivity contribution in [2.24, 2.45) is 7.05 Å². The van der Waals surface area contributed by atoms with Crippen molar-refractivity contribution >= 4 is 11.5 Å². The summed E-state index contributed by atoms with van der Waals surface area (Å²) >= 11 is 0. The van der Waals surface area contributed by atoms with Gasteiger partial charge in [-0.3, -0.25) is 9.36 Å². The number of nitrogens with zero attached hydrogens (tertiary/aromatic N) is 2. The Morgan fingerprint density at radius 1 is 0.917 bits per heavy atom. The molecule has 1 heterocycles. The van der Waals surface area contributed by atoms with E-state index in [1.807, 2.05) is 24.3 Å². The molecule has 0 aliphatic heterocycles. The topological polar surface area (TPSA) is 96.5 Å². The van der Waals surface area contributed by atoms with E-state index in [9.17, 15) is 19.9 Å². The summed E-state index contributed by atoms with van der Waals surface area (Å²) in [6, 6.07) is 15.3. The Balaban J connectivity index is 1.89. The predicted octanol–water partition coefficient (Wildman–Crippen LogP) is 1.90. The van der Waals surface area contributed by atoms with E-state index in [1.54, 1.807) is 24.3 Å². The number of benzene rings is 2. The normalized spacial score (nSPS) is 10.5. The zero-order valence-corrected chi connectivity index (χ0v) is 12.8. The van der Waals surface area contributed by atoms with Crippen LogP contribution in [-0.4, -0.2) is 19.6 Å². The minimum Gasteiger partial charge on any atom is -0.508 e. The number of phenols is 1. The third-order valence-corrected chi connectivity index (χ3v) is 3.66. The molecular weight excluding hydrogens is 310 g/mol. The van der Waals surface area contributed by atoms with E-state index in [-0.39, 0.29) is 16.3 Å². The van der Waals surface area contributed by atoms with Crippen molar-refractivity contribution in [1.29, 1.82) is 0 Å². The summed E-state index contributed by atoms with van der Waals surface area (Å²) in [7, 11) is 1.45. The molecule has 7 nitrogen and oxygen atoms in total. The summed E-state index contributed by atoms with van der Waals surface area (Å²) in [6.07, 6.45) is 0. The molecule has 1 aromatic heterocycles. The van der Waals surface area contributed by atoms with Crippen molar-refractivity contribution in [2.45, 2.75) is 0 Å². The van der Waals surface area contributed by atoms with Gasteiger partial charge in [0.15, 0.2) is 0 Å². The highest BCUT2D eigenvalue weighted by atomic mass is 16.5. The fourth-order valence-corrected chi connectivity index (χ4v) is 2.28. The number of aromatic nitrogens is 2. The zero-order chi connectivity index (χ0) is 17.3. The standard InChI is InChI=1S/C17H15N3O4/c1-19-15(10-16(22)20(24)17(19)23)18-13-6-2-11(3-7-13)12-4-8-14(21)9-5-12/h2-10,18,21,24H,1H3. The molecule has 0 unspecified atom stereocenters. The molecule has 0 saturated heterocycles. The van der Waals surface area contributed by atoms with Crippen LogP contribution in [0.3, 0.4) is 0 Å². The Bertz CT molecular complexity index is 986. The molecule has 7 heteroatoms. The second-order valence-corrected chi connectivity index (χ2v) is 5.27. The fourth-order valence-electron chi connectivity index (χ4n) is 2.28. The van der Waals surface area contributed by atoms with Crippen molar-refractivity contribution in [2.75, 3.05) is 5.32 Å². The molecule has 0 aliphatic carbocycles. The van der Waals surface area contributed by atoms with Crippen molar-refractivity contribution < 1.29 is 10.3 Å². The lowest BCUT2D eigenvalue weighted by molar-refractivity contribution is 0.156.